The first-order chi connectivity index (χ1) is 24.7. The summed E-state index contributed by atoms with van der Waals surface area (Å²) in [6, 6.07) is 15.7. The maximum atomic E-state index is 13.5. The molecule has 4 atom stereocenters. The number of hydrogen-bond acceptors (Lipinski definition) is 9. The Kier molecular flexibility index (Phi) is 10.9. The third-order valence-electron chi connectivity index (χ3n) is 9.91. The number of alkyl carbamates (subject to hydrolysis) is 2. The standard InChI is InChI=1S/C37H46N8O6/c1-22(2)32(43-37(49)51-4)35(47)45-18-6-8-30(45)34-39-20-28(42-34)26-15-11-24(12-16-26)23-9-13-25(14-10-23)27-19-38-33(41-27)29-7-5-17-44(29)31(46)21-40-36(48)50-3/h9-16,20,22,27,29-30,32H,5-8,17-19,21H2,1-4H3,(H,38,41)(H,39,42)(H,40,48)(H,43,49)/t27?,29-,30-,32?/m0/s1. The first-order valence-corrected chi connectivity index (χ1v) is 17.5. The van der Waals surface area contributed by atoms with Crippen LogP contribution in [0.1, 0.15) is 63.0 Å². The second-order valence-electron chi connectivity index (χ2n) is 13.4. The van der Waals surface area contributed by atoms with Crippen LogP contribution in [-0.2, 0) is 19.1 Å². The first kappa shape index (κ1) is 35.4. The van der Waals surface area contributed by atoms with Gasteiger partial charge in [-0.15, -0.1) is 0 Å². The summed E-state index contributed by atoms with van der Waals surface area (Å²) < 4.78 is 9.32. The monoisotopic (exact) mass is 698 g/mol. The van der Waals surface area contributed by atoms with Crippen molar-refractivity contribution in [1.82, 2.24) is 35.7 Å². The number of ether oxygens (including phenoxy) is 2. The van der Waals surface area contributed by atoms with Crippen molar-refractivity contribution < 1.29 is 28.7 Å². The van der Waals surface area contributed by atoms with Gasteiger partial charge in [0, 0.05) is 13.1 Å². The lowest BCUT2D eigenvalue weighted by molar-refractivity contribution is -0.135. The molecule has 1 aromatic heterocycles. The maximum Gasteiger partial charge on any atom is 0.407 e. The minimum atomic E-state index is -0.682. The van der Waals surface area contributed by atoms with E-state index in [9.17, 15) is 19.2 Å². The number of hydrogen-bond donors (Lipinski definition) is 4. The van der Waals surface area contributed by atoms with E-state index in [4.69, 9.17) is 9.73 Å². The number of nitrogens with zero attached hydrogens (tertiary/aromatic N) is 4. The summed E-state index contributed by atoms with van der Waals surface area (Å²) in [6.45, 7) is 5.51. The number of amides is 4. The molecular formula is C37H46N8O6. The summed E-state index contributed by atoms with van der Waals surface area (Å²) >= 11 is 0. The van der Waals surface area contributed by atoms with E-state index in [1.54, 1.807) is 11.1 Å². The third-order valence-corrected chi connectivity index (χ3v) is 9.91. The summed E-state index contributed by atoms with van der Waals surface area (Å²) in [5.41, 5.74) is 5.12. The van der Waals surface area contributed by atoms with Crippen LogP contribution in [0.15, 0.2) is 59.7 Å². The number of nitrogens with one attached hydrogen (secondary N) is 4. The van der Waals surface area contributed by atoms with E-state index in [2.05, 4.69) is 79.2 Å². The average Bonchev–Trinajstić information content (AvgIpc) is 3.99. The van der Waals surface area contributed by atoms with Crippen LogP contribution in [0.25, 0.3) is 22.4 Å². The van der Waals surface area contributed by atoms with Gasteiger partial charge in [0.15, 0.2) is 0 Å². The molecule has 270 valence electrons. The number of aromatic amines is 1. The molecule has 14 heteroatoms. The van der Waals surface area contributed by atoms with Crippen LogP contribution in [0.3, 0.4) is 0 Å². The highest BCUT2D eigenvalue weighted by molar-refractivity contribution is 5.94. The molecule has 0 radical (unpaired) electrons. The summed E-state index contributed by atoms with van der Waals surface area (Å²) in [7, 11) is 2.56. The van der Waals surface area contributed by atoms with Crippen molar-refractivity contribution in [2.24, 2.45) is 10.9 Å². The Morgan fingerprint density at radius 2 is 1.49 bits per heavy atom. The predicted octanol–water partition coefficient (Wildman–Crippen LogP) is 4.18. The molecule has 4 N–H and O–H groups in total. The first-order valence-electron chi connectivity index (χ1n) is 17.5. The Balaban J connectivity index is 1.06. The van der Waals surface area contributed by atoms with Crippen LogP contribution in [0.5, 0.6) is 0 Å². The number of amidine groups is 1. The van der Waals surface area contributed by atoms with Crippen LogP contribution in [0.2, 0.25) is 0 Å². The molecule has 2 fully saturated rings. The van der Waals surface area contributed by atoms with E-state index in [1.807, 2.05) is 18.7 Å². The molecule has 4 amide bonds. The molecular weight excluding hydrogens is 652 g/mol. The van der Waals surface area contributed by atoms with E-state index in [1.165, 1.54) is 14.2 Å². The maximum absolute atomic E-state index is 13.5. The SMILES string of the molecule is COC(=O)NCC(=O)N1CCC[C@H]1C1=NCC(c2ccc(-c3ccc(-c4cnc([C@@H]5CCCN5C(=O)C(NC(=O)OC)C(C)C)[nH]4)cc3)cc2)N1. The number of aliphatic imine (C=N–C) groups is 1. The Labute approximate surface area is 297 Å². The lowest BCUT2D eigenvalue weighted by Crippen LogP contribution is -2.51. The number of likely N-dealkylation sites (tertiary alicyclic amines) is 2. The number of carbonyl (C=O) groups excluding carboxylic acids is 4. The van der Waals surface area contributed by atoms with Crippen LogP contribution >= 0.6 is 0 Å². The van der Waals surface area contributed by atoms with Gasteiger partial charge in [0.1, 0.15) is 24.2 Å². The minimum absolute atomic E-state index is 0.0169. The number of benzene rings is 2. The predicted molar refractivity (Wildman–Crippen MR) is 191 cm³/mol. The Bertz CT molecular complexity index is 1750. The molecule has 0 aliphatic carbocycles. The zero-order valence-corrected chi connectivity index (χ0v) is 29.5. The minimum Gasteiger partial charge on any atom is -0.453 e. The van der Waals surface area contributed by atoms with E-state index < -0.39 is 18.2 Å². The lowest BCUT2D eigenvalue weighted by atomic mass is 9.99. The highest BCUT2D eigenvalue weighted by Gasteiger charge is 2.38. The molecule has 2 unspecified atom stereocenters. The molecule has 3 aromatic rings. The van der Waals surface area contributed by atoms with E-state index in [0.717, 1.165) is 65.3 Å². The van der Waals surface area contributed by atoms with Crippen molar-refractivity contribution in [3.05, 3.63) is 66.1 Å². The van der Waals surface area contributed by atoms with Crippen molar-refractivity contribution in [1.29, 1.82) is 0 Å². The quantitative estimate of drug-likeness (QED) is 0.245. The Hall–Kier alpha value is -5.40. The van der Waals surface area contributed by atoms with Gasteiger partial charge in [-0.2, -0.15) is 0 Å². The normalized spacial score (nSPS) is 20.5. The van der Waals surface area contributed by atoms with Gasteiger partial charge in [-0.3, -0.25) is 14.6 Å². The summed E-state index contributed by atoms with van der Waals surface area (Å²) in [5, 5.41) is 8.70. The summed E-state index contributed by atoms with van der Waals surface area (Å²) in [5.74, 6) is 1.15. The third kappa shape index (κ3) is 7.84. The lowest BCUT2D eigenvalue weighted by Gasteiger charge is -2.30. The van der Waals surface area contributed by atoms with Gasteiger partial charge in [-0.05, 0) is 53.9 Å². The van der Waals surface area contributed by atoms with Crippen molar-refractivity contribution in [3.8, 4) is 22.4 Å². The molecule has 2 aromatic carbocycles. The van der Waals surface area contributed by atoms with Crippen LogP contribution in [-0.4, -0.2) is 102 Å². The van der Waals surface area contributed by atoms with E-state index >= 15 is 0 Å². The van der Waals surface area contributed by atoms with Gasteiger partial charge in [0.25, 0.3) is 0 Å². The van der Waals surface area contributed by atoms with Gasteiger partial charge < -0.3 is 40.2 Å². The fraction of sp³-hybridized carbons (Fsp3) is 0.459. The molecule has 2 saturated heterocycles. The van der Waals surface area contributed by atoms with Crippen LogP contribution in [0, 0.1) is 5.92 Å². The molecule has 51 heavy (non-hydrogen) atoms. The van der Waals surface area contributed by atoms with Gasteiger partial charge in [-0.25, -0.2) is 14.6 Å². The number of methoxy groups -OCH3 is 2. The molecule has 3 aliphatic heterocycles. The molecule has 3 aliphatic rings. The molecule has 14 nitrogen and oxygen atoms in total. The van der Waals surface area contributed by atoms with Crippen molar-refractivity contribution in [3.63, 3.8) is 0 Å². The second kappa shape index (κ2) is 15.7. The van der Waals surface area contributed by atoms with Gasteiger partial charge in [0.2, 0.25) is 11.8 Å². The van der Waals surface area contributed by atoms with Crippen molar-refractivity contribution in [2.45, 2.75) is 63.7 Å². The number of H-pyrrole nitrogens is 1. The number of aromatic nitrogens is 2. The topological polar surface area (TPSA) is 170 Å². The van der Waals surface area contributed by atoms with Crippen LogP contribution in [0.4, 0.5) is 9.59 Å². The van der Waals surface area contributed by atoms with E-state index in [0.29, 0.717) is 19.6 Å². The van der Waals surface area contributed by atoms with Crippen LogP contribution < -0.4 is 16.0 Å². The highest BCUT2D eigenvalue weighted by atomic mass is 16.5. The van der Waals surface area contributed by atoms with Gasteiger partial charge >= 0.3 is 12.2 Å². The molecule has 6 rings (SSSR count). The Morgan fingerprint density at radius 3 is 2.16 bits per heavy atom. The average molecular weight is 699 g/mol. The highest BCUT2D eigenvalue weighted by Crippen LogP contribution is 2.33. The fourth-order valence-corrected chi connectivity index (χ4v) is 7.12. The van der Waals surface area contributed by atoms with Gasteiger partial charge in [-0.1, -0.05) is 62.4 Å². The summed E-state index contributed by atoms with van der Waals surface area (Å²) in [4.78, 5) is 66.0. The fourth-order valence-electron chi connectivity index (χ4n) is 7.12. The summed E-state index contributed by atoms with van der Waals surface area (Å²) in [6.07, 6.45) is 3.90. The zero-order chi connectivity index (χ0) is 36.1. The number of rotatable bonds is 10. The molecule has 0 saturated carbocycles. The molecule has 0 bridgehead atoms. The van der Waals surface area contributed by atoms with Gasteiger partial charge in [0.05, 0.1) is 50.8 Å². The van der Waals surface area contributed by atoms with Crippen molar-refractivity contribution >= 4 is 29.8 Å². The zero-order valence-electron chi connectivity index (χ0n) is 29.5. The van der Waals surface area contributed by atoms with E-state index in [-0.39, 0.29) is 42.4 Å². The second-order valence-corrected chi connectivity index (χ2v) is 13.4. The smallest absolute Gasteiger partial charge is 0.407 e. The number of carbonyl (C=O) groups is 4. The largest absolute Gasteiger partial charge is 0.453 e. The number of imidazole rings is 1. The van der Waals surface area contributed by atoms with Crippen molar-refractivity contribution in [2.75, 3.05) is 40.4 Å². The molecule has 4 heterocycles. The molecule has 0 spiro atoms. The Morgan fingerprint density at radius 1 is 0.863 bits per heavy atom.